The van der Waals surface area contributed by atoms with Gasteiger partial charge in [0.25, 0.3) is 0 Å². The molecule has 114 valence electrons. The second-order valence-electron chi connectivity index (χ2n) is 6.20. The van der Waals surface area contributed by atoms with E-state index in [1.807, 2.05) is 30.5 Å². The van der Waals surface area contributed by atoms with Crippen LogP contribution in [0.1, 0.15) is 32.6 Å². The third-order valence-corrected chi connectivity index (χ3v) is 4.93. The zero-order valence-electron chi connectivity index (χ0n) is 13.0. The SMILES string of the molecule is C=C(Cn1ccc2ccccc21)C1(C(C)=O)CCCCC1=O. The van der Waals surface area contributed by atoms with Gasteiger partial charge in [-0.1, -0.05) is 31.2 Å². The van der Waals surface area contributed by atoms with Crippen LogP contribution in [0, 0.1) is 5.41 Å². The summed E-state index contributed by atoms with van der Waals surface area (Å²) in [6.07, 6.45) is 4.89. The molecule has 0 spiro atoms. The lowest BCUT2D eigenvalue weighted by Crippen LogP contribution is -2.42. The van der Waals surface area contributed by atoms with Gasteiger partial charge in [-0.05, 0) is 42.9 Å². The van der Waals surface area contributed by atoms with E-state index < -0.39 is 5.41 Å². The van der Waals surface area contributed by atoms with E-state index in [-0.39, 0.29) is 11.6 Å². The molecule has 1 aliphatic carbocycles. The number of rotatable bonds is 4. The molecule has 3 heteroatoms. The third-order valence-electron chi connectivity index (χ3n) is 4.93. The molecule has 1 aliphatic rings. The van der Waals surface area contributed by atoms with Crippen molar-refractivity contribution in [2.75, 3.05) is 0 Å². The molecule has 0 N–H and O–H groups in total. The highest BCUT2D eigenvalue weighted by molar-refractivity contribution is 6.09. The van der Waals surface area contributed by atoms with Gasteiger partial charge in [0.2, 0.25) is 0 Å². The van der Waals surface area contributed by atoms with Gasteiger partial charge in [0.1, 0.15) is 11.2 Å². The van der Waals surface area contributed by atoms with Crippen LogP contribution in [-0.4, -0.2) is 16.1 Å². The lowest BCUT2D eigenvalue weighted by atomic mass is 9.66. The highest BCUT2D eigenvalue weighted by atomic mass is 16.2. The maximum Gasteiger partial charge on any atom is 0.150 e. The van der Waals surface area contributed by atoms with Crippen LogP contribution in [0.4, 0.5) is 0 Å². The molecule has 22 heavy (non-hydrogen) atoms. The minimum absolute atomic E-state index is 0.0488. The Kier molecular flexibility index (Phi) is 3.73. The molecule has 1 atom stereocenters. The Hall–Kier alpha value is -2.16. The summed E-state index contributed by atoms with van der Waals surface area (Å²) < 4.78 is 2.07. The highest BCUT2D eigenvalue weighted by Crippen LogP contribution is 2.41. The Morgan fingerprint density at radius 3 is 2.77 bits per heavy atom. The third kappa shape index (κ3) is 2.21. The maximum absolute atomic E-state index is 12.5. The Bertz CT molecular complexity index is 756. The summed E-state index contributed by atoms with van der Waals surface area (Å²) in [6.45, 7) is 6.18. The van der Waals surface area contributed by atoms with Crippen LogP contribution in [0.3, 0.4) is 0 Å². The number of aromatic nitrogens is 1. The van der Waals surface area contributed by atoms with Gasteiger partial charge in [0.05, 0.1) is 0 Å². The predicted molar refractivity (Wildman–Crippen MR) is 87.7 cm³/mol. The molecule has 1 unspecified atom stereocenters. The molecule has 0 amide bonds. The van der Waals surface area contributed by atoms with E-state index in [1.165, 1.54) is 6.92 Å². The van der Waals surface area contributed by atoms with E-state index in [0.29, 0.717) is 19.4 Å². The molecule has 1 fully saturated rings. The zero-order chi connectivity index (χ0) is 15.7. The van der Waals surface area contributed by atoms with Crippen molar-refractivity contribution in [2.45, 2.75) is 39.2 Å². The van der Waals surface area contributed by atoms with Crippen LogP contribution >= 0.6 is 0 Å². The first-order valence-electron chi connectivity index (χ1n) is 7.82. The van der Waals surface area contributed by atoms with Crippen molar-refractivity contribution in [2.24, 2.45) is 5.41 Å². The largest absolute Gasteiger partial charge is 0.343 e. The van der Waals surface area contributed by atoms with Crippen LogP contribution < -0.4 is 0 Å². The Morgan fingerprint density at radius 1 is 1.27 bits per heavy atom. The molecule has 1 aromatic carbocycles. The number of carbonyl (C=O) groups excluding carboxylic acids is 2. The Morgan fingerprint density at radius 2 is 2.05 bits per heavy atom. The van der Waals surface area contributed by atoms with Crippen molar-refractivity contribution in [3.8, 4) is 0 Å². The number of carbonyl (C=O) groups is 2. The van der Waals surface area contributed by atoms with Gasteiger partial charge in [-0.25, -0.2) is 0 Å². The van der Waals surface area contributed by atoms with E-state index in [2.05, 4.69) is 17.2 Å². The van der Waals surface area contributed by atoms with Gasteiger partial charge in [0.15, 0.2) is 5.78 Å². The van der Waals surface area contributed by atoms with E-state index in [0.717, 1.165) is 29.3 Å². The summed E-state index contributed by atoms with van der Waals surface area (Å²) >= 11 is 0. The van der Waals surface area contributed by atoms with Gasteiger partial charge in [0, 0.05) is 24.7 Å². The normalized spacial score (nSPS) is 22.0. The van der Waals surface area contributed by atoms with E-state index in [1.54, 1.807) is 0 Å². The molecule has 2 aromatic rings. The fourth-order valence-corrected chi connectivity index (χ4v) is 3.64. The monoisotopic (exact) mass is 295 g/mol. The number of nitrogens with zero attached hydrogens (tertiary/aromatic N) is 1. The average Bonchev–Trinajstić information content (AvgIpc) is 2.91. The minimum atomic E-state index is -0.969. The second-order valence-corrected chi connectivity index (χ2v) is 6.20. The number of Topliss-reactive ketones (excluding diaryl/α,β-unsaturated/α-hetero) is 2. The van der Waals surface area contributed by atoms with Gasteiger partial charge >= 0.3 is 0 Å². The number of hydrogen-bond acceptors (Lipinski definition) is 2. The van der Waals surface area contributed by atoms with Crippen molar-refractivity contribution in [1.82, 2.24) is 4.57 Å². The molecule has 1 saturated carbocycles. The van der Waals surface area contributed by atoms with Crippen molar-refractivity contribution in [3.63, 3.8) is 0 Å². The molecule has 0 aliphatic heterocycles. The van der Waals surface area contributed by atoms with Gasteiger partial charge in [-0.15, -0.1) is 0 Å². The van der Waals surface area contributed by atoms with Gasteiger partial charge in [-0.3, -0.25) is 9.59 Å². The van der Waals surface area contributed by atoms with Crippen molar-refractivity contribution in [1.29, 1.82) is 0 Å². The standard InChI is InChI=1S/C19H21NO2/c1-14(19(15(2)21)11-6-5-9-18(19)22)13-20-12-10-16-7-3-4-8-17(16)20/h3-4,7-8,10,12H,1,5-6,9,11,13H2,2H3. The first-order valence-corrected chi connectivity index (χ1v) is 7.82. The fraction of sp³-hybridized carbons (Fsp3) is 0.368. The average molecular weight is 295 g/mol. The molecule has 0 bridgehead atoms. The molecule has 3 nitrogen and oxygen atoms in total. The number of fused-ring (bicyclic) bond motifs is 1. The number of hydrogen-bond donors (Lipinski definition) is 0. The molecular formula is C19H21NO2. The predicted octanol–water partition coefficient (Wildman–Crippen LogP) is 3.92. The lowest BCUT2D eigenvalue weighted by Gasteiger charge is -2.35. The van der Waals surface area contributed by atoms with Crippen LogP contribution in [0.15, 0.2) is 48.7 Å². The lowest BCUT2D eigenvalue weighted by molar-refractivity contribution is -0.139. The molecule has 3 rings (SSSR count). The topological polar surface area (TPSA) is 39.1 Å². The van der Waals surface area contributed by atoms with E-state index >= 15 is 0 Å². The second kappa shape index (κ2) is 5.56. The number of benzene rings is 1. The van der Waals surface area contributed by atoms with Crippen molar-refractivity contribution >= 4 is 22.5 Å². The summed E-state index contributed by atoms with van der Waals surface area (Å²) in [5, 5.41) is 1.15. The summed E-state index contributed by atoms with van der Waals surface area (Å²) in [7, 11) is 0. The van der Waals surface area contributed by atoms with E-state index in [9.17, 15) is 9.59 Å². The van der Waals surface area contributed by atoms with Crippen LogP contribution in [0.5, 0.6) is 0 Å². The number of allylic oxidation sites excluding steroid dienone is 1. The molecule has 1 heterocycles. The molecular weight excluding hydrogens is 274 g/mol. The first-order chi connectivity index (χ1) is 10.6. The Balaban J connectivity index is 1.95. The van der Waals surface area contributed by atoms with E-state index in [4.69, 9.17) is 0 Å². The van der Waals surface area contributed by atoms with Crippen molar-refractivity contribution < 1.29 is 9.59 Å². The zero-order valence-corrected chi connectivity index (χ0v) is 13.0. The molecule has 0 radical (unpaired) electrons. The number of para-hydroxylation sites is 1. The minimum Gasteiger partial charge on any atom is -0.343 e. The smallest absolute Gasteiger partial charge is 0.150 e. The molecule has 0 saturated heterocycles. The maximum atomic E-state index is 12.5. The van der Waals surface area contributed by atoms with Crippen LogP contribution in [-0.2, 0) is 16.1 Å². The highest BCUT2D eigenvalue weighted by Gasteiger charge is 2.46. The Labute approximate surface area is 130 Å². The number of ketones is 2. The summed E-state index contributed by atoms with van der Waals surface area (Å²) in [4.78, 5) is 24.8. The van der Waals surface area contributed by atoms with Crippen LogP contribution in [0.2, 0.25) is 0 Å². The summed E-state index contributed by atoms with van der Waals surface area (Å²) in [6, 6.07) is 10.1. The fourth-order valence-electron chi connectivity index (χ4n) is 3.64. The van der Waals surface area contributed by atoms with Gasteiger partial charge < -0.3 is 4.57 Å². The first kappa shape index (κ1) is 14.8. The van der Waals surface area contributed by atoms with Crippen molar-refractivity contribution in [3.05, 3.63) is 48.7 Å². The quantitative estimate of drug-likeness (QED) is 0.633. The van der Waals surface area contributed by atoms with Crippen LogP contribution in [0.25, 0.3) is 10.9 Å². The summed E-state index contributed by atoms with van der Waals surface area (Å²) in [5.74, 6) is -0.00799. The summed E-state index contributed by atoms with van der Waals surface area (Å²) in [5.41, 5.74) is 0.862. The molecule has 1 aromatic heterocycles. The van der Waals surface area contributed by atoms with Gasteiger partial charge in [-0.2, -0.15) is 0 Å².